The molecule has 0 radical (unpaired) electrons. The molecular weight excluding hydrogens is 476 g/mol. The Balaban J connectivity index is 1.51. The summed E-state index contributed by atoms with van der Waals surface area (Å²) in [6.45, 7) is 0. The molecule has 0 unspecified atom stereocenters. The molecule has 0 bridgehead atoms. The lowest BCUT2D eigenvalue weighted by Gasteiger charge is -2.00. The summed E-state index contributed by atoms with van der Waals surface area (Å²) in [5, 5.41) is 25.4. The van der Waals surface area contributed by atoms with E-state index in [0.717, 1.165) is 21.4 Å². The summed E-state index contributed by atoms with van der Waals surface area (Å²) in [4.78, 5) is 34.3. The van der Waals surface area contributed by atoms with Gasteiger partial charge in [0.1, 0.15) is 5.01 Å². The van der Waals surface area contributed by atoms with Gasteiger partial charge in [0.2, 0.25) is 11.0 Å². The summed E-state index contributed by atoms with van der Waals surface area (Å²) in [6.07, 6.45) is 1.46. The third kappa shape index (κ3) is 5.99. The topological polar surface area (TPSA) is 139 Å². The Labute approximate surface area is 182 Å². The number of rotatable bonds is 7. The number of nitro benzene ring substituents is 1. The average Bonchev–Trinajstić information content (AvgIpc) is 3.16. The fraction of sp³-hybridized carbons (Fsp3) is 0.0556. The highest BCUT2D eigenvalue weighted by Crippen LogP contribution is 2.18. The van der Waals surface area contributed by atoms with Crippen LogP contribution in [0.4, 0.5) is 10.8 Å². The van der Waals surface area contributed by atoms with Gasteiger partial charge in [0.15, 0.2) is 0 Å². The van der Waals surface area contributed by atoms with Crippen LogP contribution in [0.1, 0.15) is 20.9 Å². The largest absolute Gasteiger partial charge is 0.296 e. The Morgan fingerprint density at radius 2 is 1.83 bits per heavy atom. The van der Waals surface area contributed by atoms with Crippen LogP contribution in [0.3, 0.4) is 0 Å². The molecule has 152 valence electrons. The fourth-order valence-corrected chi connectivity index (χ4v) is 3.18. The number of anilines is 1. The van der Waals surface area contributed by atoms with Crippen molar-refractivity contribution in [2.45, 2.75) is 6.42 Å². The molecule has 0 atom stereocenters. The molecule has 0 aliphatic carbocycles. The fourth-order valence-electron chi connectivity index (χ4n) is 2.18. The van der Waals surface area contributed by atoms with E-state index < -0.39 is 10.8 Å². The summed E-state index contributed by atoms with van der Waals surface area (Å²) >= 11 is 4.38. The molecule has 0 aliphatic rings. The standard InChI is InChI=1S/C18H13BrN6O4S/c19-13-5-1-11(2-6-13)10-20-22-15(26)9-16-23-24-18(30-16)21-17(27)12-3-7-14(8-4-12)25(28)29/h1-8,10H,9H2,(H,22,26)(H,21,24,27)/b20-10-. The van der Waals surface area contributed by atoms with Crippen LogP contribution in [0.2, 0.25) is 0 Å². The molecule has 0 fully saturated rings. The molecule has 1 heterocycles. The highest BCUT2D eigenvalue weighted by molar-refractivity contribution is 9.10. The van der Waals surface area contributed by atoms with Crippen LogP contribution in [-0.2, 0) is 11.2 Å². The van der Waals surface area contributed by atoms with Gasteiger partial charge in [-0.1, -0.05) is 39.4 Å². The minimum Gasteiger partial charge on any atom is -0.296 e. The summed E-state index contributed by atoms with van der Waals surface area (Å²) in [6, 6.07) is 12.5. The van der Waals surface area contributed by atoms with Crippen LogP contribution in [0, 0.1) is 10.1 Å². The minimum absolute atomic E-state index is 0.0528. The lowest BCUT2D eigenvalue weighted by atomic mass is 10.2. The van der Waals surface area contributed by atoms with E-state index in [4.69, 9.17) is 0 Å². The van der Waals surface area contributed by atoms with E-state index in [-0.39, 0.29) is 28.7 Å². The normalized spacial score (nSPS) is 10.7. The number of hydrogen-bond acceptors (Lipinski definition) is 8. The average molecular weight is 489 g/mol. The molecule has 0 aliphatic heterocycles. The van der Waals surface area contributed by atoms with Gasteiger partial charge in [-0.3, -0.25) is 25.0 Å². The van der Waals surface area contributed by atoms with Crippen molar-refractivity contribution in [1.29, 1.82) is 0 Å². The third-order valence-corrected chi connectivity index (χ3v) is 4.98. The van der Waals surface area contributed by atoms with Crippen LogP contribution in [0.25, 0.3) is 0 Å². The number of amides is 2. The monoisotopic (exact) mass is 488 g/mol. The molecule has 30 heavy (non-hydrogen) atoms. The lowest BCUT2D eigenvalue weighted by molar-refractivity contribution is -0.384. The Hall–Kier alpha value is -3.51. The van der Waals surface area contributed by atoms with Crippen LogP contribution in [0.5, 0.6) is 0 Å². The molecule has 0 spiro atoms. The molecule has 2 N–H and O–H groups in total. The molecule has 3 rings (SSSR count). The predicted molar refractivity (Wildman–Crippen MR) is 115 cm³/mol. The summed E-state index contributed by atoms with van der Waals surface area (Å²) in [5.74, 6) is -0.871. The van der Waals surface area contributed by atoms with Crippen molar-refractivity contribution in [3.05, 3.63) is 79.3 Å². The highest BCUT2D eigenvalue weighted by Gasteiger charge is 2.13. The van der Waals surface area contributed by atoms with Crippen molar-refractivity contribution in [1.82, 2.24) is 15.6 Å². The summed E-state index contributed by atoms with van der Waals surface area (Å²) in [5.41, 5.74) is 3.35. The van der Waals surface area contributed by atoms with Crippen molar-refractivity contribution in [3.8, 4) is 0 Å². The Kier molecular flexibility index (Phi) is 6.93. The van der Waals surface area contributed by atoms with Gasteiger partial charge in [-0.25, -0.2) is 5.43 Å². The highest BCUT2D eigenvalue weighted by atomic mass is 79.9. The molecule has 12 heteroatoms. The van der Waals surface area contributed by atoms with Crippen molar-refractivity contribution < 1.29 is 14.5 Å². The summed E-state index contributed by atoms with van der Waals surface area (Å²) in [7, 11) is 0. The number of hydrazone groups is 1. The molecule has 10 nitrogen and oxygen atoms in total. The molecule has 2 aromatic carbocycles. The van der Waals surface area contributed by atoms with Gasteiger partial charge in [0, 0.05) is 22.2 Å². The number of carbonyl (C=O) groups excluding carboxylic acids is 2. The minimum atomic E-state index is -0.549. The van der Waals surface area contributed by atoms with E-state index in [1.807, 2.05) is 24.3 Å². The van der Waals surface area contributed by atoms with Crippen molar-refractivity contribution >= 4 is 56.1 Å². The molecule has 1 aromatic heterocycles. The molecule has 0 saturated heterocycles. The van der Waals surface area contributed by atoms with E-state index in [0.29, 0.717) is 5.01 Å². The van der Waals surface area contributed by atoms with E-state index >= 15 is 0 Å². The number of benzene rings is 2. The van der Waals surface area contributed by atoms with Gasteiger partial charge < -0.3 is 0 Å². The summed E-state index contributed by atoms with van der Waals surface area (Å²) < 4.78 is 0.941. The molecular formula is C18H13BrN6O4S. The van der Waals surface area contributed by atoms with Crippen LogP contribution >= 0.6 is 27.3 Å². The number of non-ortho nitro benzene ring substituents is 1. The Morgan fingerprint density at radius 1 is 1.13 bits per heavy atom. The molecule has 3 aromatic rings. The van der Waals surface area contributed by atoms with E-state index in [1.54, 1.807) is 0 Å². The van der Waals surface area contributed by atoms with Gasteiger partial charge >= 0.3 is 0 Å². The zero-order valence-electron chi connectivity index (χ0n) is 15.1. The lowest BCUT2D eigenvalue weighted by Crippen LogP contribution is -2.19. The predicted octanol–water partition coefficient (Wildman–Crippen LogP) is 3.15. The van der Waals surface area contributed by atoms with Crippen LogP contribution in [0.15, 0.2) is 58.1 Å². The maximum absolute atomic E-state index is 12.2. The first-order valence-corrected chi connectivity index (χ1v) is 9.97. The maximum Gasteiger partial charge on any atom is 0.269 e. The van der Waals surface area contributed by atoms with E-state index in [2.05, 4.69) is 42.0 Å². The quantitative estimate of drug-likeness (QED) is 0.297. The van der Waals surface area contributed by atoms with Crippen LogP contribution < -0.4 is 10.7 Å². The number of nitrogens with one attached hydrogen (secondary N) is 2. The van der Waals surface area contributed by atoms with Gasteiger partial charge in [0.25, 0.3) is 11.6 Å². The van der Waals surface area contributed by atoms with E-state index in [1.165, 1.54) is 30.5 Å². The number of carbonyl (C=O) groups is 2. The third-order valence-electron chi connectivity index (χ3n) is 3.61. The SMILES string of the molecule is O=C(Cc1nnc(NC(=O)c2ccc([N+](=O)[O-])cc2)s1)N/N=C\c1ccc(Br)cc1. The maximum atomic E-state index is 12.2. The second-order valence-corrected chi connectivity index (χ2v) is 7.76. The zero-order valence-corrected chi connectivity index (χ0v) is 17.5. The van der Waals surface area contributed by atoms with Gasteiger partial charge in [-0.15, -0.1) is 10.2 Å². The first-order chi connectivity index (χ1) is 14.4. The Morgan fingerprint density at radius 3 is 2.50 bits per heavy atom. The van der Waals surface area contributed by atoms with Crippen LogP contribution in [-0.4, -0.2) is 33.1 Å². The number of halogens is 1. The molecule has 0 saturated carbocycles. The zero-order chi connectivity index (χ0) is 21.5. The Bertz CT molecular complexity index is 1100. The second kappa shape index (κ2) is 9.80. The van der Waals surface area contributed by atoms with Gasteiger partial charge in [0.05, 0.1) is 17.6 Å². The number of nitrogens with zero attached hydrogens (tertiary/aromatic N) is 4. The number of hydrogen-bond donors (Lipinski definition) is 2. The number of aromatic nitrogens is 2. The smallest absolute Gasteiger partial charge is 0.269 e. The number of nitro groups is 1. The second-order valence-electron chi connectivity index (χ2n) is 5.78. The van der Waals surface area contributed by atoms with Gasteiger partial charge in [-0.05, 0) is 29.8 Å². The first kappa shape index (κ1) is 21.2. The van der Waals surface area contributed by atoms with Crippen molar-refractivity contribution in [3.63, 3.8) is 0 Å². The molecule has 2 amide bonds. The van der Waals surface area contributed by atoms with Gasteiger partial charge in [-0.2, -0.15) is 5.10 Å². The van der Waals surface area contributed by atoms with Crippen molar-refractivity contribution in [2.24, 2.45) is 5.10 Å². The van der Waals surface area contributed by atoms with E-state index in [9.17, 15) is 19.7 Å². The van der Waals surface area contributed by atoms with Crippen molar-refractivity contribution in [2.75, 3.05) is 5.32 Å². The first-order valence-electron chi connectivity index (χ1n) is 8.36.